The van der Waals surface area contributed by atoms with Crippen LogP contribution in [0.1, 0.15) is 51.9 Å². The van der Waals surface area contributed by atoms with E-state index in [1.807, 2.05) is 6.92 Å². The molecule has 1 aliphatic carbocycles. The first-order valence-electron chi connectivity index (χ1n) is 6.39. The Balaban J connectivity index is 1.56. The van der Waals surface area contributed by atoms with E-state index in [0.29, 0.717) is 12.3 Å². The predicted molar refractivity (Wildman–Crippen MR) is 62.1 cm³/mol. The van der Waals surface area contributed by atoms with Gasteiger partial charge in [0.25, 0.3) is 0 Å². The smallest absolute Gasteiger partial charge is 0.220 e. The number of carbonyl (C=O) groups is 1. The van der Waals surface area contributed by atoms with E-state index in [9.17, 15) is 4.79 Å². The minimum atomic E-state index is -0.234. The second-order valence-corrected chi connectivity index (χ2v) is 5.23. The van der Waals surface area contributed by atoms with Crippen molar-refractivity contribution in [2.75, 3.05) is 6.54 Å². The highest BCUT2D eigenvalue weighted by molar-refractivity contribution is 5.75. The van der Waals surface area contributed by atoms with Gasteiger partial charge in [0.05, 0.1) is 0 Å². The van der Waals surface area contributed by atoms with E-state index in [1.54, 1.807) is 0 Å². The number of carbonyl (C=O) groups excluding carboxylic acids is 1. The van der Waals surface area contributed by atoms with Crippen molar-refractivity contribution in [3.05, 3.63) is 0 Å². The number of amides is 1. The highest BCUT2D eigenvalue weighted by Crippen LogP contribution is 2.31. The third-order valence-electron chi connectivity index (χ3n) is 3.58. The highest BCUT2D eigenvalue weighted by atomic mass is 16.1. The molecule has 0 atom stereocenters. The van der Waals surface area contributed by atoms with Crippen LogP contribution in [0.3, 0.4) is 0 Å². The summed E-state index contributed by atoms with van der Waals surface area (Å²) < 4.78 is 0. The van der Waals surface area contributed by atoms with Crippen molar-refractivity contribution in [1.82, 2.24) is 5.32 Å². The van der Waals surface area contributed by atoms with Crippen LogP contribution >= 0.6 is 0 Å². The molecule has 0 saturated heterocycles. The first-order valence-corrected chi connectivity index (χ1v) is 6.39. The molecule has 1 aliphatic heterocycles. The third kappa shape index (κ3) is 3.58. The molecule has 1 amide bonds. The molecule has 16 heavy (non-hydrogen) atoms. The monoisotopic (exact) mass is 223 g/mol. The fourth-order valence-corrected chi connectivity index (χ4v) is 2.27. The van der Waals surface area contributed by atoms with Gasteiger partial charge in [0.1, 0.15) is 0 Å². The molecule has 90 valence electrons. The summed E-state index contributed by atoms with van der Waals surface area (Å²) in [7, 11) is 0. The summed E-state index contributed by atoms with van der Waals surface area (Å²) in [5.41, 5.74) is -0.234. The Morgan fingerprint density at radius 2 is 2.00 bits per heavy atom. The first kappa shape index (κ1) is 11.6. The fourth-order valence-electron chi connectivity index (χ4n) is 2.27. The predicted octanol–water partition coefficient (Wildman–Crippen LogP) is 2.65. The average molecular weight is 223 g/mol. The van der Waals surface area contributed by atoms with Gasteiger partial charge in [-0.3, -0.25) is 4.79 Å². The topological polar surface area (TPSA) is 53.8 Å². The molecule has 2 rings (SSSR count). The van der Waals surface area contributed by atoms with Gasteiger partial charge in [0.2, 0.25) is 5.91 Å². The molecule has 0 bridgehead atoms. The maximum Gasteiger partial charge on any atom is 0.220 e. The maximum atomic E-state index is 11.6. The van der Waals surface area contributed by atoms with Crippen LogP contribution in [-0.4, -0.2) is 18.1 Å². The summed E-state index contributed by atoms with van der Waals surface area (Å²) in [6, 6.07) is 0. The molecule has 1 saturated carbocycles. The van der Waals surface area contributed by atoms with Crippen LogP contribution in [0.2, 0.25) is 0 Å². The minimum absolute atomic E-state index is 0.157. The summed E-state index contributed by atoms with van der Waals surface area (Å²) >= 11 is 0. The van der Waals surface area contributed by atoms with Crippen LogP contribution in [0.25, 0.3) is 0 Å². The van der Waals surface area contributed by atoms with Crippen molar-refractivity contribution < 1.29 is 4.79 Å². The largest absolute Gasteiger partial charge is 0.356 e. The van der Waals surface area contributed by atoms with E-state index in [2.05, 4.69) is 15.5 Å². The molecule has 1 N–H and O–H groups in total. The Hall–Kier alpha value is -0.930. The maximum absolute atomic E-state index is 11.6. The molecule has 1 fully saturated rings. The Morgan fingerprint density at radius 3 is 2.62 bits per heavy atom. The van der Waals surface area contributed by atoms with Crippen molar-refractivity contribution in [1.29, 1.82) is 0 Å². The molecular weight excluding hydrogens is 202 g/mol. The van der Waals surface area contributed by atoms with E-state index >= 15 is 0 Å². The molecule has 0 aromatic carbocycles. The Morgan fingerprint density at radius 1 is 1.31 bits per heavy atom. The number of nitrogens with zero attached hydrogens (tertiary/aromatic N) is 2. The highest BCUT2D eigenvalue weighted by Gasteiger charge is 2.33. The zero-order chi connectivity index (χ0) is 11.4. The SMILES string of the molecule is CC1(CCC(=O)NCC2CCCCC2)N=N1. The summed E-state index contributed by atoms with van der Waals surface area (Å²) in [4.78, 5) is 11.6. The molecular formula is C12H21N3O. The van der Waals surface area contributed by atoms with Crippen LogP contribution in [0.15, 0.2) is 10.2 Å². The number of hydrogen-bond donors (Lipinski definition) is 1. The van der Waals surface area contributed by atoms with Crippen LogP contribution in [0.4, 0.5) is 0 Å². The molecule has 0 radical (unpaired) electrons. The number of nitrogens with one attached hydrogen (secondary N) is 1. The van der Waals surface area contributed by atoms with Crippen LogP contribution in [0, 0.1) is 5.92 Å². The first-order chi connectivity index (χ1) is 7.68. The molecule has 4 heteroatoms. The molecule has 0 spiro atoms. The quantitative estimate of drug-likeness (QED) is 0.765. The lowest BCUT2D eigenvalue weighted by atomic mass is 9.89. The minimum Gasteiger partial charge on any atom is -0.356 e. The van der Waals surface area contributed by atoms with E-state index in [1.165, 1.54) is 32.1 Å². The van der Waals surface area contributed by atoms with Crippen molar-refractivity contribution >= 4 is 5.91 Å². The van der Waals surface area contributed by atoms with Gasteiger partial charge < -0.3 is 5.32 Å². The Kier molecular flexibility index (Phi) is 3.56. The second-order valence-electron chi connectivity index (χ2n) is 5.23. The zero-order valence-corrected chi connectivity index (χ0v) is 10.0. The lowest BCUT2D eigenvalue weighted by molar-refractivity contribution is -0.121. The fraction of sp³-hybridized carbons (Fsp3) is 0.917. The second kappa shape index (κ2) is 4.93. The Labute approximate surface area is 96.9 Å². The van der Waals surface area contributed by atoms with E-state index < -0.39 is 0 Å². The van der Waals surface area contributed by atoms with Crippen molar-refractivity contribution in [3.8, 4) is 0 Å². The van der Waals surface area contributed by atoms with Gasteiger partial charge in [-0.2, -0.15) is 10.2 Å². The average Bonchev–Trinajstić information content (AvgIpc) is 3.04. The number of hydrogen-bond acceptors (Lipinski definition) is 3. The summed E-state index contributed by atoms with van der Waals surface area (Å²) in [5, 5.41) is 10.8. The van der Waals surface area contributed by atoms with Crippen molar-refractivity contribution in [3.63, 3.8) is 0 Å². The van der Waals surface area contributed by atoms with E-state index in [-0.39, 0.29) is 11.6 Å². The van der Waals surface area contributed by atoms with Gasteiger partial charge in [-0.25, -0.2) is 0 Å². The van der Waals surface area contributed by atoms with E-state index in [0.717, 1.165) is 13.0 Å². The molecule has 4 nitrogen and oxygen atoms in total. The van der Waals surface area contributed by atoms with Gasteiger partial charge >= 0.3 is 0 Å². The lowest BCUT2D eigenvalue weighted by Crippen LogP contribution is -2.30. The van der Waals surface area contributed by atoms with Crippen LogP contribution in [0.5, 0.6) is 0 Å². The van der Waals surface area contributed by atoms with Crippen molar-refractivity contribution in [2.45, 2.75) is 57.5 Å². The molecule has 0 aromatic heterocycles. The van der Waals surface area contributed by atoms with Gasteiger partial charge in [-0.15, -0.1) is 0 Å². The standard InChI is InChI=1S/C12H21N3O/c1-12(14-15-12)8-7-11(16)13-9-10-5-3-2-4-6-10/h10H,2-9H2,1H3,(H,13,16). The summed E-state index contributed by atoms with van der Waals surface area (Å²) in [6.07, 6.45) is 7.89. The summed E-state index contributed by atoms with van der Waals surface area (Å²) in [6.45, 7) is 2.82. The molecule has 1 heterocycles. The molecule has 2 aliphatic rings. The zero-order valence-electron chi connectivity index (χ0n) is 10.0. The van der Waals surface area contributed by atoms with Gasteiger partial charge in [0, 0.05) is 19.4 Å². The summed E-state index contributed by atoms with van der Waals surface area (Å²) in [5.74, 6) is 0.868. The van der Waals surface area contributed by atoms with Gasteiger partial charge in [0.15, 0.2) is 5.66 Å². The molecule has 0 aromatic rings. The van der Waals surface area contributed by atoms with E-state index in [4.69, 9.17) is 0 Å². The van der Waals surface area contributed by atoms with Crippen molar-refractivity contribution in [2.24, 2.45) is 16.1 Å². The lowest BCUT2D eigenvalue weighted by Gasteiger charge is -2.21. The number of rotatable bonds is 5. The Bertz CT molecular complexity index is 276. The van der Waals surface area contributed by atoms with Crippen LogP contribution in [-0.2, 0) is 4.79 Å². The third-order valence-corrected chi connectivity index (χ3v) is 3.58. The van der Waals surface area contributed by atoms with Gasteiger partial charge in [-0.05, 0) is 25.7 Å². The molecule has 0 unspecified atom stereocenters. The van der Waals surface area contributed by atoms with Gasteiger partial charge in [-0.1, -0.05) is 19.3 Å². The normalized spacial score (nSPS) is 23.1. The van der Waals surface area contributed by atoms with Crippen LogP contribution < -0.4 is 5.32 Å².